The molecular formula is C20H30O2. The minimum atomic E-state index is -0.482. The first-order chi connectivity index (χ1) is 10.3. The highest BCUT2D eigenvalue weighted by Crippen LogP contribution is 2.65. The van der Waals surface area contributed by atoms with Crippen molar-refractivity contribution in [3.05, 3.63) is 11.6 Å². The second-order valence-electron chi connectivity index (χ2n) is 9.10. The zero-order valence-corrected chi connectivity index (χ0v) is 14.3. The van der Waals surface area contributed by atoms with Crippen molar-refractivity contribution in [3.8, 4) is 0 Å². The molecule has 0 aromatic carbocycles. The predicted molar refractivity (Wildman–Crippen MR) is 87.3 cm³/mol. The van der Waals surface area contributed by atoms with Crippen molar-refractivity contribution < 1.29 is 9.90 Å². The molecule has 7 atom stereocenters. The van der Waals surface area contributed by atoms with Crippen LogP contribution < -0.4 is 0 Å². The molecule has 0 heterocycles. The molecule has 2 nitrogen and oxygen atoms in total. The summed E-state index contributed by atoms with van der Waals surface area (Å²) in [5, 5.41) is 10.9. The van der Waals surface area contributed by atoms with Gasteiger partial charge in [-0.15, -0.1) is 0 Å². The maximum Gasteiger partial charge on any atom is 0.155 e. The minimum Gasteiger partial charge on any atom is -0.390 e. The summed E-state index contributed by atoms with van der Waals surface area (Å²) >= 11 is 0. The van der Waals surface area contributed by atoms with Crippen LogP contribution in [0.1, 0.15) is 65.7 Å². The topological polar surface area (TPSA) is 37.3 Å². The molecule has 2 heteroatoms. The normalized spacial score (nSPS) is 54.3. The highest BCUT2D eigenvalue weighted by atomic mass is 16.3. The van der Waals surface area contributed by atoms with Crippen LogP contribution in [0.5, 0.6) is 0 Å². The lowest BCUT2D eigenvalue weighted by molar-refractivity contribution is -0.119. The molecule has 0 bridgehead atoms. The van der Waals surface area contributed by atoms with E-state index in [0.29, 0.717) is 23.5 Å². The van der Waals surface area contributed by atoms with Gasteiger partial charge in [-0.25, -0.2) is 0 Å². The first-order valence-electron chi connectivity index (χ1n) is 9.30. The zero-order valence-electron chi connectivity index (χ0n) is 14.3. The Bertz CT molecular complexity index is 532. The van der Waals surface area contributed by atoms with Crippen molar-refractivity contribution in [1.82, 2.24) is 0 Å². The van der Waals surface area contributed by atoms with Crippen LogP contribution in [0.2, 0.25) is 0 Å². The van der Waals surface area contributed by atoms with Crippen LogP contribution in [-0.4, -0.2) is 16.5 Å². The molecule has 0 aliphatic heterocycles. The lowest BCUT2D eigenvalue weighted by atomic mass is 9.49. The molecule has 4 rings (SSSR count). The van der Waals surface area contributed by atoms with Crippen LogP contribution in [0.15, 0.2) is 11.6 Å². The summed E-state index contributed by atoms with van der Waals surface area (Å²) in [5.74, 6) is 3.77. The van der Waals surface area contributed by atoms with Gasteiger partial charge in [0.25, 0.3) is 0 Å². The standard InChI is InChI=1S/C20H30O2/c1-12-10-17-15(14-5-4-13(21)11-16(12)14)6-8-19(2)18(17)7-9-20(19,3)22/h11-12,14-15,17-18,22H,4-10H2,1-3H3/t12?,14-,15-,17-,18+,19+,20+/m1/s1. The first kappa shape index (κ1) is 14.9. The number of carbonyl (C=O) groups excluding carboxylic acids is 1. The lowest BCUT2D eigenvalue weighted by Crippen LogP contribution is -2.52. The lowest BCUT2D eigenvalue weighted by Gasteiger charge is -2.56. The van der Waals surface area contributed by atoms with Gasteiger partial charge >= 0.3 is 0 Å². The van der Waals surface area contributed by atoms with E-state index in [9.17, 15) is 9.90 Å². The molecule has 4 aliphatic carbocycles. The van der Waals surface area contributed by atoms with Crippen LogP contribution >= 0.6 is 0 Å². The predicted octanol–water partition coefficient (Wildman–Crippen LogP) is 4.13. The second kappa shape index (κ2) is 4.69. The summed E-state index contributed by atoms with van der Waals surface area (Å²) in [6, 6.07) is 0. The monoisotopic (exact) mass is 302 g/mol. The van der Waals surface area contributed by atoms with Crippen molar-refractivity contribution in [2.75, 3.05) is 0 Å². The SMILES string of the molecule is CC1C[C@@H]2[C@H](CC[C@@]3(C)[C@H]2CC[C@]3(C)O)[C@H]2CCC(=O)C=C12. The van der Waals surface area contributed by atoms with Gasteiger partial charge in [-0.05, 0) is 86.5 Å². The van der Waals surface area contributed by atoms with Gasteiger partial charge in [0.05, 0.1) is 5.60 Å². The van der Waals surface area contributed by atoms with E-state index >= 15 is 0 Å². The fourth-order valence-electron chi connectivity index (χ4n) is 6.74. The smallest absolute Gasteiger partial charge is 0.155 e. The maximum atomic E-state index is 11.8. The van der Waals surface area contributed by atoms with Crippen molar-refractivity contribution in [2.24, 2.45) is 35.0 Å². The van der Waals surface area contributed by atoms with E-state index in [4.69, 9.17) is 0 Å². The summed E-state index contributed by atoms with van der Waals surface area (Å²) in [4.78, 5) is 11.8. The number of ketones is 1. The molecule has 4 aliphatic rings. The molecule has 0 aromatic heterocycles. The number of allylic oxidation sites excluding steroid dienone is 1. The number of carbonyl (C=O) groups is 1. The molecular weight excluding hydrogens is 272 g/mol. The Morgan fingerprint density at radius 1 is 1.14 bits per heavy atom. The van der Waals surface area contributed by atoms with Crippen molar-refractivity contribution in [1.29, 1.82) is 0 Å². The molecule has 0 amide bonds. The molecule has 0 aromatic rings. The van der Waals surface area contributed by atoms with Crippen LogP contribution in [0, 0.1) is 35.0 Å². The number of hydrogen-bond donors (Lipinski definition) is 1. The van der Waals surface area contributed by atoms with Crippen LogP contribution in [0.3, 0.4) is 0 Å². The molecule has 1 unspecified atom stereocenters. The maximum absolute atomic E-state index is 11.8. The van der Waals surface area contributed by atoms with Crippen LogP contribution in [0.4, 0.5) is 0 Å². The molecule has 3 saturated carbocycles. The van der Waals surface area contributed by atoms with Crippen LogP contribution in [-0.2, 0) is 4.79 Å². The molecule has 0 saturated heterocycles. The van der Waals surface area contributed by atoms with E-state index < -0.39 is 5.60 Å². The third-order valence-electron chi connectivity index (χ3n) is 8.22. The van der Waals surface area contributed by atoms with E-state index in [1.165, 1.54) is 24.8 Å². The summed E-state index contributed by atoms with van der Waals surface area (Å²) in [7, 11) is 0. The Morgan fingerprint density at radius 3 is 2.68 bits per heavy atom. The van der Waals surface area contributed by atoms with Gasteiger partial charge in [-0.1, -0.05) is 19.4 Å². The van der Waals surface area contributed by atoms with E-state index in [-0.39, 0.29) is 5.41 Å². The van der Waals surface area contributed by atoms with Gasteiger partial charge in [0.1, 0.15) is 0 Å². The Balaban J connectivity index is 1.68. The number of rotatable bonds is 0. The molecule has 0 radical (unpaired) electrons. The highest BCUT2D eigenvalue weighted by molar-refractivity contribution is 5.91. The fraction of sp³-hybridized carbons (Fsp3) is 0.850. The molecule has 3 fully saturated rings. The third-order valence-corrected chi connectivity index (χ3v) is 8.22. The quantitative estimate of drug-likeness (QED) is 0.730. The molecule has 1 N–H and O–H groups in total. The van der Waals surface area contributed by atoms with Gasteiger partial charge in [-0.2, -0.15) is 0 Å². The van der Waals surface area contributed by atoms with Gasteiger partial charge in [0, 0.05) is 6.42 Å². The Hall–Kier alpha value is -0.630. The zero-order chi connectivity index (χ0) is 15.7. The van der Waals surface area contributed by atoms with E-state index in [2.05, 4.69) is 20.8 Å². The first-order valence-corrected chi connectivity index (χ1v) is 9.30. The van der Waals surface area contributed by atoms with Crippen molar-refractivity contribution in [3.63, 3.8) is 0 Å². The Morgan fingerprint density at radius 2 is 1.91 bits per heavy atom. The van der Waals surface area contributed by atoms with Crippen molar-refractivity contribution >= 4 is 5.78 Å². The minimum absolute atomic E-state index is 0.111. The van der Waals surface area contributed by atoms with E-state index in [1.807, 2.05) is 6.08 Å². The summed E-state index contributed by atoms with van der Waals surface area (Å²) < 4.78 is 0. The second-order valence-corrected chi connectivity index (χ2v) is 9.10. The third kappa shape index (κ3) is 1.85. The number of aliphatic hydroxyl groups is 1. The largest absolute Gasteiger partial charge is 0.390 e. The fourth-order valence-corrected chi connectivity index (χ4v) is 6.74. The average molecular weight is 302 g/mol. The summed E-state index contributed by atoms with van der Waals surface area (Å²) in [6.45, 7) is 6.75. The van der Waals surface area contributed by atoms with Gasteiger partial charge in [-0.3, -0.25) is 4.79 Å². The summed E-state index contributed by atoms with van der Waals surface area (Å²) in [5.41, 5.74) is 1.09. The van der Waals surface area contributed by atoms with E-state index in [1.54, 1.807) is 0 Å². The van der Waals surface area contributed by atoms with E-state index in [0.717, 1.165) is 37.5 Å². The van der Waals surface area contributed by atoms with Crippen LogP contribution in [0.25, 0.3) is 0 Å². The summed E-state index contributed by atoms with van der Waals surface area (Å²) in [6.07, 6.45) is 9.64. The molecule has 122 valence electrons. The Kier molecular flexibility index (Phi) is 3.18. The average Bonchev–Trinajstić information content (AvgIpc) is 2.70. The van der Waals surface area contributed by atoms with Gasteiger partial charge in [0.15, 0.2) is 5.78 Å². The van der Waals surface area contributed by atoms with Gasteiger partial charge in [0.2, 0.25) is 0 Å². The highest BCUT2D eigenvalue weighted by Gasteiger charge is 2.60. The van der Waals surface area contributed by atoms with Crippen molar-refractivity contribution in [2.45, 2.75) is 71.3 Å². The molecule has 22 heavy (non-hydrogen) atoms. The number of fused-ring (bicyclic) bond motifs is 5. The number of hydrogen-bond acceptors (Lipinski definition) is 2. The molecule has 0 spiro atoms. The Labute approximate surface area is 134 Å². The van der Waals surface area contributed by atoms with Gasteiger partial charge < -0.3 is 5.11 Å².